The van der Waals surface area contributed by atoms with E-state index in [1.54, 1.807) is 4.68 Å². The highest BCUT2D eigenvalue weighted by molar-refractivity contribution is 5.73. The summed E-state index contributed by atoms with van der Waals surface area (Å²) in [6.07, 6.45) is -11.5. The summed E-state index contributed by atoms with van der Waals surface area (Å²) in [6, 6.07) is 4.06. The number of halogens is 9. The van der Waals surface area contributed by atoms with Crippen LogP contribution in [0.1, 0.15) is 5.56 Å². The molecule has 0 bridgehead atoms. The molecule has 11 nitrogen and oxygen atoms in total. The molecule has 4 N–H and O–H groups in total. The molecule has 3 heterocycles. The normalized spacial score (nSPS) is 12.9. The summed E-state index contributed by atoms with van der Waals surface area (Å²) < 4.78 is 103. The fraction of sp³-hybridized carbons (Fsp3) is 0.389. The Balaban J connectivity index is 0.000000550. The van der Waals surface area contributed by atoms with Gasteiger partial charge in [-0.25, -0.2) is 19.4 Å². The third-order valence-electron chi connectivity index (χ3n) is 3.50. The van der Waals surface area contributed by atoms with Crippen molar-refractivity contribution >= 4 is 17.9 Å². The minimum Gasteiger partial charge on any atom is -0.476 e. The van der Waals surface area contributed by atoms with Gasteiger partial charge in [0.1, 0.15) is 6.61 Å². The molecule has 0 amide bonds. The van der Waals surface area contributed by atoms with Gasteiger partial charge >= 0.3 is 36.4 Å². The second kappa shape index (κ2) is 14.0. The Morgan fingerprint density at radius 3 is 1.71 bits per heavy atom. The monoisotopic (exact) mass is 572 g/mol. The summed E-state index contributed by atoms with van der Waals surface area (Å²) in [5, 5.41) is 28.8. The molecule has 214 valence electrons. The molecule has 3 rings (SSSR count). The van der Waals surface area contributed by atoms with Gasteiger partial charge in [0.25, 0.3) is 0 Å². The zero-order chi connectivity index (χ0) is 29.9. The Hall–Kier alpha value is -4.10. The highest BCUT2D eigenvalue weighted by Crippen LogP contribution is 2.23. The van der Waals surface area contributed by atoms with Crippen LogP contribution in [0.2, 0.25) is 0 Å². The summed E-state index contributed by atoms with van der Waals surface area (Å²) in [6.45, 7) is 2.34. The van der Waals surface area contributed by atoms with Crippen molar-refractivity contribution in [1.29, 1.82) is 0 Å². The number of carbonyl (C=O) groups is 3. The van der Waals surface area contributed by atoms with Crippen LogP contribution < -0.4 is 10.1 Å². The largest absolute Gasteiger partial charge is 0.490 e. The van der Waals surface area contributed by atoms with Crippen molar-refractivity contribution in [2.45, 2.75) is 25.1 Å². The number of alkyl halides is 9. The first kappa shape index (κ1) is 33.9. The van der Waals surface area contributed by atoms with Crippen LogP contribution in [-0.2, 0) is 28.0 Å². The number of rotatable bonds is 1. The fourth-order valence-corrected chi connectivity index (χ4v) is 1.89. The average molecular weight is 572 g/mol. The molecule has 38 heavy (non-hydrogen) atoms. The van der Waals surface area contributed by atoms with E-state index in [0.717, 1.165) is 35.8 Å². The maximum atomic E-state index is 10.6. The van der Waals surface area contributed by atoms with Gasteiger partial charge in [-0.1, -0.05) is 6.07 Å². The molecule has 0 unspecified atom stereocenters. The lowest BCUT2D eigenvalue weighted by atomic mass is 10.2. The van der Waals surface area contributed by atoms with Crippen LogP contribution >= 0.6 is 0 Å². The van der Waals surface area contributed by atoms with Crippen LogP contribution in [0.3, 0.4) is 0 Å². The molecule has 0 aromatic carbocycles. The molecule has 0 saturated carbocycles. The molecule has 2 aromatic rings. The highest BCUT2D eigenvalue weighted by Gasteiger charge is 2.39. The lowest BCUT2D eigenvalue weighted by Crippen LogP contribution is -2.21. The van der Waals surface area contributed by atoms with Crippen molar-refractivity contribution in [3.63, 3.8) is 0 Å². The van der Waals surface area contributed by atoms with Gasteiger partial charge < -0.3 is 25.4 Å². The Labute approximate surface area is 205 Å². The van der Waals surface area contributed by atoms with Crippen molar-refractivity contribution in [1.82, 2.24) is 20.1 Å². The van der Waals surface area contributed by atoms with Crippen LogP contribution in [0.4, 0.5) is 39.5 Å². The smallest absolute Gasteiger partial charge is 0.476 e. The molecule has 0 saturated heterocycles. The Morgan fingerprint density at radius 1 is 0.895 bits per heavy atom. The first-order chi connectivity index (χ1) is 17.2. The lowest BCUT2D eigenvalue weighted by Gasteiger charge is -2.06. The number of carboxylic acid groups (broad SMARTS) is 3. The van der Waals surface area contributed by atoms with E-state index in [4.69, 9.17) is 34.4 Å². The minimum atomic E-state index is -5.08. The van der Waals surface area contributed by atoms with E-state index in [9.17, 15) is 39.5 Å². The summed E-state index contributed by atoms with van der Waals surface area (Å²) in [5.41, 5.74) is 3.02. The van der Waals surface area contributed by atoms with Gasteiger partial charge in [0, 0.05) is 37.5 Å². The summed E-state index contributed by atoms with van der Waals surface area (Å²) in [4.78, 5) is 31.2. The molecule has 1 aliphatic rings. The molecule has 0 radical (unpaired) electrons. The van der Waals surface area contributed by atoms with E-state index in [2.05, 4.69) is 21.5 Å². The predicted molar refractivity (Wildman–Crippen MR) is 105 cm³/mol. The molecule has 2 aromatic heterocycles. The molecule has 20 heteroatoms. The van der Waals surface area contributed by atoms with E-state index < -0.39 is 36.4 Å². The van der Waals surface area contributed by atoms with Gasteiger partial charge in [-0.05, 0) is 6.07 Å². The zero-order valence-electron chi connectivity index (χ0n) is 18.6. The molecular weight excluding hydrogens is 555 g/mol. The number of carboxylic acids is 3. The first-order valence-electron chi connectivity index (χ1n) is 9.39. The second-order valence-electron chi connectivity index (χ2n) is 6.50. The van der Waals surface area contributed by atoms with E-state index >= 15 is 0 Å². The highest BCUT2D eigenvalue weighted by atomic mass is 19.4. The number of pyridine rings is 1. The Kier molecular flexibility index (Phi) is 12.5. The topological polar surface area (TPSA) is 164 Å². The maximum Gasteiger partial charge on any atom is 0.490 e. The summed E-state index contributed by atoms with van der Waals surface area (Å²) >= 11 is 0. The average Bonchev–Trinajstić information content (AvgIpc) is 3.06. The fourth-order valence-electron chi connectivity index (χ4n) is 1.89. The van der Waals surface area contributed by atoms with Crippen molar-refractivity contribution in [3.8, 4) is 17.1 Å². The van der Waals surface area contributed by atoms with Gasteiger partial charge in [-0.3, -0.25) is 4.68 Å². The maximum absolute atomic E-state index is 10.6. The van der Waals surface area contributed by atoms with Gasteiger partial charge in [-0.15, -0.1) is 0 Å². The summed E-state index contributed by atoms with van der Waals surface area (Å²) in [5.74, 6) is -7.54. The Bertz CT molecular complexity index is 1030. The van der Waals surface area contributed by atoms with Crippen LogP contribution in [-0.4, -0.2) is 79.7 Å². The van der Waals surface area contributed by atoms with E-state index in [-0.39, 0.29) is 0 Å². The number of aryl methyl sites for hydroxylation is 1. The van der Waals surface area contributed by atoms with Gasteiger partial charge in [0.2, 0.25) is 5.88 Å². The van der Waals surface area contributed by atoms with Gasteiger partial charge in [0.05, 0.1) is 11.9 Å². The van der Waals surface area contributed by atoms with Crippen LogP contribution in [0, 0.1) is 0 Å². The number of aromatic nitrogens is 3. The molecule has 0 atom stereocenters. The number of hydrogen-bond acceptors (Lipinski definition) is 7. The van der Waals surface area contributed by atoms with E-state index in [1.807, 2.05) is 25.5 Å². The standard InChI is InChI=1S/C12H14N4O.3C2HF3O2/c1-16-8-10(7-14-16)11-3-2-9-6-13-4-5-17-12(9)15-11;3*3-2(4,5)1(6)7/h2-3,7-8,13H,4-6H2,1H3;3*(H,6,7). The van der Waals surface area contributed by atoms with Crippen molar-refractivity contribution in [2.75, 3.05) is 13.2 Å². The zero-order valence-corrected chi connectivity index (χ0v) is 18.6. The van der Waals surface area contributed by atoms with Gasteiger partial charge in [0.15, 0.2) is 0 Å². The minimum absolute atomic E-state index is 0.663. The Morgan fingerprint density at radius 2 is 1.34 bits per heavy atom. The number of aliphatic carboxylic acids is 3. The van der Waals surface area contributed by atoms with Crippen molar-refractivity contribution in [3.05, 3.63) is 30.1 Å². The SMILES string of the molecule is Cn1cc(-c2ccc3c(n2)OCCNC3)cn1.O=C(O)C(F)(F)F.O=C(O)C(F)(F)F.O=C(O)C(F)(F)F. The van der Waals surface area contributed by atoms with Crippen molar-refractivity contribution < 1.29 is 74.0 Å². The predicted octanol–water partition coefficient (Wildman–Crippen LogP) is 2.86. The number of hydrogen-bond donors (Lipinski definition) is 4. The molecule has 0 spiro atoms. The van der Waals surface area contributed by atoms with E-state index in [0.29, 0.717) is 6.61 Å². The number of fused-ring (bicyclic) bond motifs is 1. The third kappa shape index (κ3) is 13.3. The second-order valence-corrected chi connectivity index (χ2v) is 6.50. The third-order valence-corrected chi connectivity index (χ3v) is 3.50. The van der Waals surface area contributed by atoms with E-state index in [1.165, 1.54) is 0 Å². The molecular formula is C18H17F9N4O7. The lowest BCUT2D eigenvalue weighted by molar-refractivity contribution is -0.193. The molecule has 0 aliphatic carbocycles. The van der Waals surface area contributed by atoms with Crippen LogP contribution in [0.15, 0.2) is 24.5 Å². The quantitative estimate of drug-likeness (QED) is 0.374. The van der Waals surface area contributed by atoms with Gasteiger partial charge in [-0.2, -0.15) is 44.6 Å². The number of nitrogens with one attached hydrogen (secondary N) is 1. The molecule has 0 fully saturated rings. The number of nitrogens with zero attached hydrogens (tertiary/aromatic N) is 3. The van der Waals surface area contributed by atoms with Crippen LogP contribution in [0.25, 0.3) is 11.3 Å². The van der Waals surface area contributed by atoms with Crippen molar-refractivity contribution in [2.24, 2.45) is 7.05 Å². The van der Waals surface area contributed by atoms with Crippen LogP contribution in [0.5, 0.6) is 5.88 Å². The number of ether oxygens (including phenoxy) is 1. The summed E-state index contributed by atoms with van der Waals surface area (Å²) in [7, 11) is 1.90. The first-order valence-corrected chi connectivity index (χ1v) is 9.39. The molecule has 1 aliphatic heterocycles.